The molecule has 0 aromatic rings. The van der Waals surface area contributed by atoms with Gasteiger partial charge in [-0.15, -0.1) is 0 Å². The minimum Gasteiger partial charge on any atom is -0.381 e. The zero-order valence-electron chi connectivity index (χ0n) is 16.9. The molecule has 0 bridgehead atoms. The molecule has 0 aromatic heterocycles. The highest BCUT2D eigenvalue weighted by atomic mass is 79.9. The van der Waals surface area contributed by atoms with Crippen molar-refractivity contribution in [2.75, 3.05) is 32.8 Å². The first-order chi connectivity index (χ1) is 13.3. The Morgan fingerprint density at radius 2 is 1.18 bits per heavy atom. The van der Waals surface area contributed by atoms with Gasteiger partial charge in [0.15, 0.2) is 0 Å². The summed E-state index contributed by atoms with van der Waals surface area (Å²) < 4.78 is 6.56. The third-order valence-electron chi connectivity index (χ3n) is 4.15. The Balaban J connectivity index is 0.000000352. The zero-order valence-corrected chi connectivity index (χ0v) is 19.3. The summed E-state index contributed by atoms with van der Waals surface area (Å²) >= 11 is 7.95. The van der Waals surface area contributed by atoms with Crippen LogP contribution >= 0.6 is 27.9 Å². The fourth-order valence-electron chi connectivity index (χ4n) is 2.28. The van der Waals surface area contributed by atoms with Crippen molar-refractivity contribution >= 4 is 51.6 Å². The molecule has 0 N–H and O–H groups in total. The summed E-state index contributed by atoms with van der Waals surface area (Å²) in [6, 6.07) is 0. The second kappa shape index (κ2) is 15.8. The first-order valence-electron chi connectivity index (χ1n) is 9.61. The predicted octanol–water partition coefficient (Wildman–Crippen LogP) is 2.88. The van der Waals surface area contributed by atoms with Crippen LogP contribution in [0.1, 0.15) is 59.3 Å². The molecule has 0 unspecified atom stereocenters. The Kier molecular flexibility index (Phi) is 15.3. The summed E-state index contributed by atoms with van der Waals surface area (Å²) in [5.41, 5.74) is 0. The Morgan fingerprint density at radius 3 is 1.29 bits per heavy atom. The van der Waals surface area contributed by atoms with Gasteiger partial charge in [-0.2, -0.15) is 4.42 Å². The summed E-state index contributed by atoms with van der Waals surface area (Å²) in [6.07, 6.45) is 3.79. The molecule has 0 spiro atoms. The lowest BCUT2D eigenvalue weighted by Gasteiger charge is -2.13. The number of rotatable bonds is 3. The van der Waals surface area contributed by atoms with Crippen LogP contribution in [0.4, 0.5) is 0 Å². The molecule has 3 fully saturated rings. The van der Waals surface area contributed by atoms with Crippen LogP contribution in [0.15, 0.2) is 0 Å². The molecule has 3 aliphatic heterocycles. The zero-order chi connectivity index (χ0) is 21.5. The van der Waals surface area contributed by atoms with E-state index in [4.69, 9.17) is 16.5 Å². The molecule has 162 valence electrons. The van der Waals surface area contributed by atoms with Crippen molar-refractivity contribution in [2.45, 2.75) is 59.3 Å². The second-order valence-corrected chi connectivity index (χ2v) is 7.12. The van der Waals surface area contributed by atoms with E-state index in [1.807, 2.05) is 0 Å². The van der Waals surface area contributed by atoms with Gasteiger partial charge >= 0.3 is 0 Å². The van der Waals surface area contributed by atoms with Crippen LogP contribution < -0.4 is 0 Å². The monoisotopic (exact) mass is 483 g/mol. The molecule has 0 radical (unpaired) electrons. The van der Waals surface area contributed by atoms with E-state index >= 15 is 0 Å². The van der Waals surface area contributed by atoms with E-state index < -0.39 is 0 Å². The number of imide groups is 2. The molecule has 0 atom stereocenters. The fourth-order valence-corrected chi connectivity index (χ4v) is 2.80. The van der Waals surface area contributed by atoms with E-state index in [9.17, 15) is 19.2 Å². The maximum absolute atomic E-state index is 10.4. The number of amides is 4. The molecule has 4 amide bonds. The molecular weight excluding hydrogens is 454 g/mol. The molecular formula is C18H31BrClN3O5. The third-order valence-corrected chi connectivity index (χ3v) is 5.32. The highest BCUT2D eigenvalue weighted by Gasteiger charge is 2.27. The SMILES string of the molecule is C1CCOC1.CCN(CC)CC.O=C1CCC(=O)N1Br.O=C1CCC(=O)N1Cl. The molecule has 3 saturated heterocycles. The molecule has 3 heterocycles. The first kappa shape index (κ1) is 27.0. The minimum atomic E-state index is -0.295. The van der Waals surface area contributed by atoms with Gasteiger partial charge in [0.1, 0.15) is 0 Å². The van der Waals surface area contributed by atoms with Crippen LogP contribution in [0.3, 0.4) is 0 Å². The van der Waals surface area contributed by atoms with E-state index in [0.717, 1.165) is 17.1 Å². The summed E-state index contributed by atoms with van der Waals surface area (Å²) in [4.78, 5) is 44.0. The van der Waals surface area contributed by atoms with E-state index in [2.05, 4.69) is 41.8 Å². The molecule has 3 aliphatic rings. The lowest BCUT2D eigenvalue weighted by Crippen LogP contribution is -2.21. The van der Waals surface area contributed by atoms with Gasteiger partial charge in [0.05, 0.1) is 16.1 Å². The minimum absolute atomic E-state index is 0.144. The summed E-state index contributed by atoms with van der Waals surface area (Å²) in [5.74, 6) is -0.877. The number of ether oxygens (including phenoxy) is 1. The number of carbonyl (C=O) groups excluding carboxylic acids is 4. The number of hydrogen-bond donors (Lipinski definition) is 0. The van der Waals surface area contributed by atoms with Gasteiger partial charge in [0, 0.05) is 50.7 Å². The van der Waals surface area contributed by atoms with Crippen molar-refractivity contribution in [1.82, 2.24) is 13.2 Å². The molecule has 10 heteroatoms. The summed E-state index contributed by atoms with van der Waals surface area (Å²) in [6.45, 7) is 12.1. The Hall–Kier alpha value is -1.03. The Morgan fingerprint density at radius 1 is 0.821 bits per heavy atom. The van der Waals surface area contributed by atoms with Gasteiger partial charge in [-0.3, -0.25) is 19.2 Å². The third kappa shape index (κ3) is 11.1. The molecule has 0 saturated carbocycles. The van der Waals surface area contributed by atoms with E-state index in [0.29, 0.717) is 17.3 Å². The van der Waals surface area contributed by atoms with Crippen LogP contribution in [0.5, 0.6) is 0 Å². The highest BCUT2D eigenvalue weighted by Crippen LogP contribution is 2.14. The lowest BCUT2D eigenvalue weighted by molar-refractivity contribution is -0.133. The van der Waals surface area contributed by atoms with Crippen LogP contribution in [-0.2, 0) is 23.9 Å². The van der Waals surface area contributed by atoms with Crippen LogP contribution in [0.2, 0.25) is 0 Å². The molecule has 8 nitrogen and oxygen atoms in total. The first-order valence-corrected chi connectivity index (χ1v) is 10.7. The van der Waals surface area contributed by atoms with Crippen LogP contribution in [0, 0.1) is 0 Å². The molecule has 3 rings (SSSR count). The molecule has 0 aliphatic carbocycles. The molecule has 28 heavy (non-hydrogen) atoms. The van der Waals surface area contributed by atoms with E-state index in [1.165, 1.54) is 32.5 Å². The number of halogens is 2. The number of carbonyl (C=O) groups is 4. The van der Waals surface area contributed by atoms with Gasteiger partial charge in [-0.05, 0) is 32.5 Å². The number of hydrogen-bond acceptors (Lipinski definition) is 6. The molecule has 0 aromatic carbocycles. The largest absolute Gasteiger partial charge is 0.381 e. The van der Waals surface area contributed by atoms with E-state index in [-0.39, 0.29) is 36.5 Å². The van der Waals surface area contributed by atoms with Crippen LogP contribution in [-0.4, -0.2) is 69.7 Å². The average molecular weight is 485 g/mol. The number of nitrogens with zero attached hydrogens (tertiary/aromatic N) is 3. The standard InChI is InChI=1S/C6H15N.C4H4BrNO2.C4H4ClNO2.C4H8O/c1-4-7(5-2)6-3;2*5-6-3(7)1-2-4(6)8;1-2-4-5-3-1/h4-6H2,1-3H3;2*1-2H2;1-4H2. The van der Waals surface area contributed by atoms with E-state index in [1.54, 1.807) is 0 Å². The van der Waals surface area contributed by atoms with Gasteiger partial charge in [-0.25, -0.2) is 3.93 Å². The predicted molar refractivity (Wildman–Crippen MR) is 110 cm³/mol. The van der Waals surface area contributed by atoms with Crippen molar-refractivity contribution in [3.8, 4) is 0 Å². The van der Waals surface area contributed by atoms with Crippen molar-refractivity contribution in [3.05, 3.63) is 0 Å². The smallest absolute Gasteiger partial charge is 0.244 e. The maximum Gasteiger partial charge on any atom is 0.244 e. The summed E-state index contributed by atoms with van der Waals surface area (Å²) in [5, 5.41) is 0. The van der Waals surface area contributed by atoms with Gasteiger partial charge in [-0.1, -0.05) is 20.8 Å². The van der Waals surface area contributed by atoms with Crippen molar-refractivity contribution in [2.24, 2.45) is 0 Å². The lowest BCUT2D eigenvalue weighted by atomic mass is 10.4. The van der Waals surface area contributed by atoms with Crippen molar-refractivity contribution in [3.63, 3.8) is 0 Å². The highest BCUT2D eigenvalue weighted by molar-refractivity contribution is 9.08. The quantitative estimate of drug-likeness (QED) is 0.452. The second-order valence-electron chi connectivity index (χ2n) is 6.08. The van der Waals surface area contributed by atoms with Crippen molar-refractivity contribution < 1.29 is 23.9 Å². The maximum atomic E-state index is 10.4. The van der Waals surface area contributed by atoms with Gasteiger partial charge < -0.3 is 9.64 Å². The Labute approximate surface area is 180 Å². The Bertz CT molecular complexity index is 434. The topological polar surface area (TPSA) is 87.2 Å². The normalized spacial score (nSPS) is 18.5. The van der Waals surface area contributed by atoms with Gasteiger partial charge in [0.25, 0.3) is 0 Å². The van der Waals surface area contributed by atoms with Crippen molar-refractivity contribution in [1.29, 1.82) is 0 Å². The average Bonchev–Trinajstić information content (AvgIpc) is 3.44. The van der Waals surface area contributed by atoms with Gasteiger partial charge in [0.2, 0.25) is 23.6 Å². The summed E-state index contributed by atoms with van der Waals surface area (Å²) in [7, 11) is 0. The fraction of sp³-hybridized carbons (Fsp3) is 0.778. The van der Waals surface area contributed by atoms with Crippen LogP contribution in [0.25, 0.3) is 0 Å².